The molecule has 84 valence electrons. The lowest BCUT2D eigenvalue weighted by Gasteiger charge is -2.05. The molecule has 1 aromatic rings. The van der Waals surface area contributed by atoms with E-state index in [0.29, 0.717) is 0 Å². The third-order valence-corrected chi connectivity index (χ3v) is 2.59. The maximum absolute atomic E-state index is 11.4. The molecule has 0 saturated heterocycles. The molecule has 0 fully saturated rings. The van der Waals surface area contributed by atoms with Crippen LogP contribution in [0.5, 0.6) is 0 Å². The van der Waals surface area contributed by atoms with Crippen LogP contribution >= 0.6 is 0 Å². The number of sulfonamides is 1. The monoisotopic (exact) mass is 233 g/mol. The van der Waals surface area contributed by atoms with Crippen LogP contribution in [0.2, 0.25) is 0 Å². The molecule has 0 radical (unpaired) electrons. The highest BCUT2D eigenvalue weighted by Crippen LogP contribution is 1.93. The summed E-state index contributed by atoms with van der Waals surface area (Å²) in [6.45, 7) is 0. The predicted molar refractivity (Wildman–Crippen MR) is 53.7 cm³/mol. The molecule has 7 nitrogen and oxygen atoms in total. The van der Waals surface area contributed by atoms with Gasteiger partial charge in [-0.2, -0.15) is 0 Å². The maximum atomic E-state index is 11.4. The van der Waals surface area contributed by atoms with Gasteiger partial charge in [-0.1, -0.05) is 0 Å². The molecule has 0 amide bonds. The van der Waals surface area contributed by atoms with Gasteiger partial charge in [0.05, 0.1) is 11.3 Å². The fourth-order valence-electron chi connectivity index (χ4n) is 1.20. The number of primary sulfonamides is 1. The highest BCUT2D eigenvalue weighted by molar-refractivity contribution is 7.88. The summed E-state index contributed by atoms with van der Waals surface area (Å²) < 4.78 is 23.6. The van der Waals surface area contributed by atoms with E-state index in [4.69, 9.17) is 5.14 Å². The molecular weight excluding hydrogens is 222 g/mol. The van der Waals surface area contributed by atoms with Crippen LogP contribution in [0, 0.1) is 0 Å². The summed E-state index contributed by atoms with van der Waals surface area (Å²) in [6, 6.07) is 0. The molecule has 0 aromatic carbocycles. The minimum atomic E-state index is -3.77. The number of hydrogen-bond acceptors (Lipinski definition) is 4. The highest BCUT2D eigenvalue weighted by atomic mass is 32.2. The first-order valence-electron chi connectivity index (χ1n) is 3.98. The van der Waals surface area contributed by atoms with Crippen molar-refractivity contribution in [1.82, 2.24) is 9.13 Å². The predicted octanol–water partition coefficient (Wildman–Crippen LogP) is -2.13. The molecule has 1 rings (SSSR count). The van der Waals surface area contributed by atoms with Gasteiger partial charge >= 0.3 is 5.69 Å². The number of aryl methyl sites for hydroxylation is 1. The number of nitrogens with two attached hydrogens (primary N) is 1. The minimum Gasteiger partial charge on any atom is -0.303 e. The van der Waals surface area contributed by atoms with Crippen LogP contribution < -0.4 is 16.4 Å². The molecule has 1 heterocycles. The van der Waals surface area contributed by atoms with E-state index in [1.165, 1.54) is 20.3 Å². The van der Waals surface area contributed by atoms with Gasteiger partial charge in [0.2, 0.25) is 10.0 Å². The first kappa shape index (κ1) is 11.7. The van der Waals surface area contributed by atoms with Gasteiger partial charge in [-0.3, -0.25) is 9.36 Å². The Kier molecular flexibility index (Phi) is 2.82. The van der Waals surface area contributed by atoms with Crippen molar-refractivity contribution < 1.29 is 8.42 Å². The van der Waals surface area contributed by atoms with Crippen LogP contribution in [-0.4, -0.2) is 17.6 Å². The summed E-state index contributed by atoms with van der Waals surface area (Å²) in [6.07, 6.45) is 1.18. The van der Waals surface area contributed by atoms with Crippen LogP contribution in [0.4, 0.5) is 0 Å². The highest BCUT2D eigenvalue weighted by Gasteiger charge is 2.12. The quantitative estimate of drug-likeness (QED) is 0.630. The van der Waals surface area contributed by atoms with E-state index in [0.717, 1.165) is 9.13 Å². The summed E-state index contributed by atoms with van der Waals surface area (Å²) in [4.78, 5) is 22.7. The van der Waals surface area contributed by atoms with Crippen molar-refractivity contribution in [3.05, 3.63) is 32.6 Å². The van der Waals surface area contributed by atoms with E-state index < -0.39 is 27.0 Å². The van der Waals surface area contributed by atoms with Gasteiger partial charge in [0, 0.05) is 20.3 Å². The molecule has 0 saturated carbocycles. The van der Waals surface area contributed by atoms with Crippen LogP contribution in [0.1, 0.15) is 5.56 Å². The standard InChI is InChI=1S/C7H11N3O4S/c1-9-3-5(4-15(8,13)14)6(11)10(2)7(9)12/h3H,4H2,1-2H3,(H2,8,13,14). The second-order valence-electron chi connectivity index (χ2n) is 3.22. The topological polar surface area (TPSA) is 104 Å². The lowest BCUT2D eigenvalue weighted by atomic mass is 10.4. The first-order valence-corrected chi connectivity index (χ1v) is 5.70. The zero-order valence-electron chi connectivity index (χ0n) is 8.30. The normalized spacial score (nSPS) is 11.7. The van der Waals surface area contributed by atoms with Gasteiger partial charge in [-0.15, -0.1) is 0 Å². The molecule has 15 heavy (non-hydrogen) atoms. The molecule has 0 spiro atoms. The zero-order valence-corrected chi connectivity index (χ0v) is 9.11. The molecule has 0 atom stereocenters. The van der Waals surface area contributed by atoms with Gasteiger partial charge in [-0.05, 0) is 0 Å². The molecular formula is C7H11N3O4S. The van der Waals surface area contributed by atoms with E-state index in [1.807, 2.05) is 0 Å². The Bertz CT molecular complexity index is 596. The van der Waals surface area contributed by atoms with E-state index in [9.17, 15) is 18.0 Å². The zero-order chi connectivity index (χ0) is 11.8. The largest absolute Gasteiger partial charge is 0.330 e. The van der Waals surface area contributed by atoms with Gasteiger partial charge in [0.25, 0.3) is 5.56 Å². The molecule has 0 aliphatic heterocycles. The summed E-state index contributed by atoms with van der Waals surface area (Å²) >= 11 is 0. The number of aromatic nitrogens is 2. The lowest BCUT2D eigenvalue weighted by Crippen LogP contribution is -2.39. The van der Waals surface area contributed by atoms with Crippen molar-refractivity contribution in [1.29, 1.82) is 0 Å². The fourth-order valence-corrected chi connectivity index (χ4v) is 1.83. The smallest absolute Gasteiger partial charge is 0.303 e. The fraction of sp³-hybridized carbons (Fsp3) is 0.429. The Morgan fingerprint density at radius 1 is 1.33 bits per heavy atom. The lowest BCUT2D eigenvalue weighted by molar-refractivity contribution is 0.595. The molecule has 0 aliphatic rings. The maximum Gasteiger partial charge on any atom is 0.330 e. The molecule has 1 aromatic heterocycles. The Morgan fingerprint density at radius 3 is 2.33 bits per heavy atom. The average molecular weight is 233 g/mol. The average Bonchev–Trinajstić information content (AvgIpc) is 2.08. The minimum absolute atomic E-state index is 0.0258. The number of hydrogen-bond donors (Lipinski definition) is 1. The SMILES string of the molecule is Cn1cc(CS(N)(=O)=O)c(=O)n(C)c1=O. The second-order valence-corrected chi connectivity index (χ2v) is 4.83. The first-order chi connectivity index (χ1) is 6.72. The third kappa shape index (κ3) is 2.54. The van der Waals surface area contributed by atoms with E-state index in [-0.39, 0.29) is 5.56 Å². The summed E-state index contributed by atoms with van der Waals surface area (Å²) in [5, 5.41) is 4.81. The summed E-state index contributed by atoms with van der Waals surface area (Å²) in [7, 11) is -1.07. The number of nitrogens with zero attached hydrogens (tertiary/aromatic N) is 2. The third-order valence-electron chi connectivity index (χ3n) is 1.87. The Morgan fingerprint density at radius 2 is 1.87 bits per heavy atom. The van der Waals surface area contributed by atoms with Crippen molar-refractivity contribution in [2.75, 3.05) is 0 Å². The molecule has 0 unspecified atom stereocenters. The Balaban J connectivity index is 3.47. The van der Waals surface area contributed by atoms with Gasteiger partial charge in [-0.25, -0.2) is 18.4 Å². The molecule has 0 aliphatic carbocycles. The van der Waals surface area contributed by atoms with Crippen molar-refractivity contribution in [2.45, 2.75) is 5.75 Å². The second kappa shape index (κ2) is 3.63. The van der Waals surface area contributed by atoms with Gasteiger partial charge in [0.15, 0.2) is 0 Å². The summed E-state index contributed by atoms with van der Waals surface area (Å²) in [5.41, 5.74) is -1.19. The van der Waals surface area contributed by atoms with E-state index in [2.05, 4.69) is 0 Å². The van der Waals surface area contributed by atoms with E-state index in [1.54, 1.807) is 0 Å². The van der Waals surface area contributed by atoms with Crippen molar-refractivity contribution in [2.24, 2.45) is 19.2 Å². The number of rotatable bonds is 2. The van der Waals surface area contributed by atoms with Crippen molar-refractivity contribution in [3.8, 4) is 0 Å². The Labute approximate surface area is 85.8 Å². The van der Waals surface area contributed by atoms with E-state index >= 15 is 0 Å². The van der Waals surface area contributed by atoms with Crippen LogP contribution in [-0.2, 0) is 29.9 Å². The van der Waals surface area contributed by atoms with Crippen LogP contribution in [0.3, 0.4) is 0 Å². The molecule has 8 heteroatoms. The van der Waals surface area contributed by atoms with Crippen molar-refractivity contribution >= 4 is 10.0 Å². The molecule has 0 bridgehead atoms. The summed E-state index contributed by atoms with van der Waals surface area (Å²) in [5.74, 6) is -0.576. The Hall–Kier alpha value is -1.41. The van der Waals surface area contributed by atoms with Crippen LogP contribution in [0.15, 0.2) is 15.8 Å². The van der Waals surface area contributed by atoms with Crippen LogP contribution in [0.25, 0.3) is 0 Å². The van der Waals surface area contributed by atoms with Crippen molar-refractivity contribution in [3.63, 3.8) is 0 Å². The molecule has 2 N–H and O–H groups in total. The van der Waals surface area contributed by atoms with Gasteiger partial charge < -0.3 is 4.57 Å². The van der Waals surface area contributed by atoms with Gasteiger partial charge in [0.1, 0.15) is 0 Å².